The van der Waals surface area contributed by atoms with Crippen molar-refractivity contribution >= 4 is 8.46 Å². The Labute approximate surface area is 107 Å². The van der Waals surface area contributed by atoms with Gasteiger partial charge < -0.3 is 4.42 Å². The van der Waals surface area contributed by atoms with E-state index in [1.54, 1.807) is 12.5 Å². The van der Waals surface area contributed by atoms with E-state index < -0.39 is 0 Å². The van der Waals surface area contributed by atoms with Gasteiger partial charge in [0, 0.05) is 6.16 Å². The van der Waals surface area contributed by atoms with Gasteiger partial charge in [-0.25, -0.2) is 0 Å². The van der Waals surface area contributed by atoms with Crippen LogP contribution in [0.25, 0.3) is 0 Å². The molecular weight excluding hydrogens is 231 g/mol. The minimum Gasteiger partial charge on any atom is -0.473 e. The molecular formula is C14H25O2P. The molecule has 98 valence electrons. The zero-order valence-corrected chi connectivity index (χ0v) is 12.2. The van der Waals surface area contributed by atoms with Crippen molar-refractivity contribution in [3.8, 4) is 0 Å². The zero-order chi connectivity index (χ0) is 13.0. The van der Waals surface area contributed by atoms with Gasteiger partial charge in [0.2, 0.25) is 0 Å². The van der Waals surface area contributed by atoms with Crippen LogP contribution in [-0.4, -0.2) is 6.16 Å². The molecule has 0 aromatic carbocycles. The van der Waals surface area contributed by atoms with Gasteiger partial charge in [-0.05, 0) is 36.8 Å². The van der Waals surface area contributed by atoms with Crippen molar-refractivity contribution in [1.82, 2.24) is 0 Å². The first-order valence-electron chi connectivity index (χ1n) is 6.51. The van der Waals surface area contributed by atoms with Crippen LogP contribution in [0, 0.1) is 5.41 Å². The van der Waals surface area contributed by atoms with Crippen LogP contribution in [0.5, 0.6) is 0 Å². The summed E-state index contributed by atoms with van der Waals surface area (Å²) < 4.78 is 15.2. The van der Waals surface area contributed by atoms with E-state index >= 15 is 0 Å². The molecule has 1 aromatic rings. The molecule has 0 spiro atoms. The lowest BCUT2D eigenvalue weighted by Crippen LogP contribution is -2.20. The summed E-state index contributed by atoms with van der Waals surface area (Å²) in [6.07, 6.45) is 10.2. The fraction of sp³-hybridized carbons (Fsp3) is 0.714. The van der Waals surface area contributed by atoms with Crippen LogP contribution in [0.1, 0.15) is 52.9 Å². The summed E-state index contributed by atoms with van der Waals surface area (Å²) in [4.78, 5) is 0. The maximum atomic E-state index is 10.6. The average Bonchev–Trinajstić information content (AvgIpc) is 2.94. The third-order valence-electron chi connectivity index (χ3n) is 3.39. The lowest BCUT2D eigenvalue weighted by Gasteiger charge is -2.28. The summed E-state index contributed by atoms with van der Waals surface area (Å²) in [5.74, 6) is 0. The molecule has 0 aliphatic rings. The Kier molecular flexibility index (Phi) is 10.1. The number of furan rings is 1. The van der Waals surface area contributed by atoms with Crippen molar-refractivity contribution in [2.75, 3.05) is 6.16 Å². The van der Waals surface area contributed by atoms with Crippen LogP contribution < -0.4 is 0 Å². The van der Waals surface area contributed by atoms with Crippen LogP contribution in [-0.2, 0) is 4.57 Å². The van der Waals surface area contributed by atoms with Gasteiger partial charge in [-0.3, -0.25) is 4.57 Å². The third kappa shape index (κ3) is 7.33. The van der Waals surface area contributed by atoms with Crippen molar-refractivity contribution in [3.63, 3.8) is 0 Å². The van der Waals surface area contributed by atoms with Gasteiger partial charge in [0.15, 0.2) is 8.46 Å². The Morgan fingerprint density at radius 3 is 2.00 bits per heavy atom. The van der Waals surface area contributed by atoms with Gasteiger partial charge in [-0.15, -0.1) is 0 Å². The largest absolute Gasteiger partial charge is 0.473 e. The minimum absolute atomic E-state index is 0.321. The Morgan fingerprint density at radius 1 is 1.12 bits per heavy atom. The van der Waals surface area contributed by atoms with Crippen LogP contribution in [0.15, 0.2) is 29.1 Å². The fourth-order valence-corrected chi connectivity index (χ4v) is 2.70. The molecule has 0 saturated carbocycles. The van der Waals surface area contributed by atoms with E-state index in [1.165, 1.54) is 32.1 Å². The van der Waals surface area contributed by atoms with Crippen LogP contribution in [0.4, 0.5) is 0 Å². The SMILES string of the molecule is CCCCC(CC)(CC)CP=O.c1ccoc1. The summed E-state index contributed by atoms with van der Waals surface area (Å²) in [6.45, 7) is 6.64. The van der Waals surface area contributed by atoms with E-state index in [1.807, 2.05) is 12.1 Å². The topological polar surface area (TPSA) is 30.2 Å². The quantitative estimate of drug-likeness (QED) is 0.598. The van der Waals surface area contributed by atoms with Gasteiger partial charge in [0.25, 0.3) is 0 Å². The maximum absolute atomic E-state index is 10.6. The van der Waals surface area contributed by atoms with Crippen molar-refractivity contribution in [1.29, 1.82) is 0 Å². The Balaban J connectivity index is 0.000000419. The van der Waals surface area contributed by atoms with E-state index in [-0.39, 0.29) is 0 Å². The first-order valence-corrected chi connectivity index (χ1v) is 7.50. The average molecular weight is 256 g/mol. The molecule has 0 atom stereocenters. The molecule has 3 heteroatoms. The van der Waals surface area contributed by atoms with Gasteiger partial charge in [0.05, 0.1) is 12.5 Å². The molecule has 0 bridgehead atoms. The van der Waals surface area contributed by atoms with E-state index in [2.05, 4.69) is 25.2 Å². The van der Waals surface area contributed by atoms with E-state index in [0.29, 0.717) is 13.9 Å². The standard InChI is InChI=1S/C10H21OP.C4H4O/c1-4-7-8-10(5-2,6-3)9-12-11;1-2-4-5-3-1/h4-9H2,1-3H3;1-4H. The molecule has 1 aromatic heterocycles. The molecule has 1 heterocycles. The third-order valence-corrected chi connectivity index (χ3v) is 4.19. The van der Waals surface area contributed by atoms with Gasteiger partial charge in [-0.2, -0.15) is 0 Å². The fourth-order valence-electron chi connectivity index (χ4n) is 1.82. The molecule has 2 nitrogen and oxygen atoms in total. The summed E-state index contributed by atoms with van der Waals surface area (Å²) in [5, 5.41) is 0. The molecule has 0 aliphatic carbocycles. The number of rotatable bonds is 7. The first-order chi connectivity index (χ1) is 8.24. The van der Waals surface area contributed by atoms with Gasteiger partial charge in [-0.1, -0.05) is 33.6 Å². The number of hydrogen-bond acceptors (Lipinski definition) is 2. The molecule has 0 unspecified atom stereocenters. The van der Waals surface area contributed by atoms with Gasteiger partial charge in [0.1, 0.15) is 0 Å². The lowest BCUT2D eigenvalue weighted by atomic mass is 9.80. The molecule has 0 aliphatic heterocycles. The predicted molar refractivity (Wildman–Crippen MR) is 73.7 cm³/mol. The predicted octanol–water partition coefficient (Wildman–Crippen LogP) is 5.55. The highest BCUT2D eigenvalue weighted by atomic mass is 31.1. The van der Waals surface area contributed by atoms with Crippen LogP contribution >= 0.6 is 8.46 Å². The highest BCUT2D eigenvalue weighted by molar-refractivity contribution is 7.23. The van der Waals surface area contributed by atoms with Crippen LogP contribution in [0.3, 0.4) is 0 Å². The molecule has 0 radical (unpaired) electrons. The second kappa shape index (κ2) is 10.5. The highest BCUT2D eigenvalue weighted by Crippen LogP contribution is 2.35. The second-order valence-electron chi connectivity index (χ2n) is 4.39. The Bertz CT molecular complexity index is 236. The Morgan fingerprint density at radius 2 is 1.71 bits per heavy atom. The summed E-state index contributed by atoms with van der Waals surface area (Å²) >= 11 is 0. The Hall–Kier alpha value is -0.620. The van der Waals surface area contributed by atoms with E-state index in [0.717, 1.165) is 6.16 Å². The van der Waals surface area contributed by atoms with Crippen molar-refractivity contribution < 1.29 is 8.98 Å². The normalized spacial score (nSPS) is 11.0. The van der Waals surface area contributed by atoms with Crippen molar-refractivity contribution in [2.24, 2.45) is 5.41 Å². The molecule has 0 amide bonds. The summed E-state index contributed by atoms with van der Waals surface area (Å²) in [6, 6.07) is 3.67. The first kappa shape index (κ1) is 16.4. The maximum Gasteiger partial charge on any atom is 0.155 e. The monoisotopic (exact) mass is 256 g/mol. The molecule has 0 fully saturated rings. The second-order valence-corrected chi connectivity index (χ2v) is 4.97. The van der Waals surface area contributed by atoms with Crippen molar-refractivity contribution in [2.45, 2.75) is 52.9 Å². The lowest BCUT2D eigenvalue weighted by molar-refractivity contribution is 0.270. The molecule has 1 rings (SSSR count). The highest BCUT2D eigenvalue weighted by Gasteiger charge is 2.24. The van der Waals surface area contributed by atoms with Crippen LogP contribution in [0.2, 0.25) is 0 Å². The zero-order valence-electron chi connectivity index (χ0n) is 11.3. The minimum atomic E-state index is 0.321. The molecule has 0 saturated heterocycles. The smallest absolute Gasteiger partial charge is 0.155 e. The van der Waals surface area contributed by atoms with E-state index in [4.69, 9.17) is 0 Å². The van der Waals surface area contributed by atoms with Gasteiger partial charge >= 0.3 is 0 Å². The summed E-state index contributed by atoms with van der Waals surface area (Å²) in [5.41, 5.74) is 0.360. The van der Waals surface area contributed by atoms with Crippen molar-refractivity contribution in [3.05, 3.63) is 24.7 Å². The summed E-state index contributed by atoms with van der Waals surface area (Å²) in [7, 11) is 0.321. The molecule has 17 heavy (non-hydrogen) atoms. The van der Waals surface area contributed by atoms with E-state index in [9.17, 15) is 4.57 Å². The number of unbranched alkanes of at least 4 members (excludes halogenated alkanes) is 1. The molecule has 0 N–H and O–H groups in total. The number of hydrogen-bond donors (Lipinski definition) is 0.